The van der Waals surface area contributed by atoms with E-state index in [0.717, 1.165) is 16.5 Å². The van der Waals surface area contributed by atoms with Crippen molar-refractivity contribution in [3.8, 4) is 5.75 Å². The van der Waals surface area contributed by atoms with Crippen LogP contribution >= 0.6 is 15.9 Å². The molecule has 2 aromatic carbocycles. The summed E-state index contributed by atoms with van der Waals surface area (Å²) >= 11 is 3.46. The lowest BCUT2D eigenvalue weighted by Gasteiger charge is -2.11. The maximum atomic E-state index is 12.1. The number of carbonyl (C=O) groups excluding carboxylic acids is 2. The van der Waals surface area contributed by atoms with Gasteiger partial charge in [-0.15, -0.1) is 0 Å². The van der Waals surface area contributed by atoms with Crippen LogP contribution in [0.15, 0.2) is 46.9 Å². The first-order valence-electron chi connectivity index (χ1n) is 8.89. The van der Waals surface area contributed by atoms with Crippen LogP contribution in [0.3, 0.4) is 0 Å². The molecule has 6 heteroatoms. The smallest absolute Gasteiger partial charge is 0.262 e. The lowest BCUT2D eigenvalue weighted by molar-refractivity contribution is -0.128. The van der Waals surface area contributed by atoms with Gasteiger partial charge in [0.05, 0.1) is 4.47 Å². The summed E-state index contributed by atoms with van der Waals surface area (Å²) in [5, 5.41) is 2.81. The number of halogens is 1. The first kappa shape index (κ1) is 21.0. The molecule has 2 aromatic rings. The number of benzene rings is 2. The first-order chi connectivity index (χ1) is 12.9. The molecule has 0 saturated carbocycles. The quantitative estimate of drug-likeness (QED) is 0.684. The Morgan fingerprint density at radius 3 is 2.33 bits per heavy atom. The molecule has 2 rings (SSSR count). The predicted molar refractivity (Wildman–Crippen MR) is 111 cm³/mol. The summed E-state index contributed by atoms with van der Waals surface area (Å²) in [6.07, 6.45) is 2.09. The van der Waals surface area contributed by atoms with Gasteiger partial charge in [0.2, 0.25) is 5.91 Å². The first-order valence-corrected chi connectivity index (χ1v) is 9.68. The van der Waals surface area contributed by atoms with E-state index in [0.29, 0.717) is 24.3 Å². The van der Waals surface area contributed by atoms with E-state index in [1.54, 1.807) is 19.0 Å². The molecule has 144 valence electrons. The Bertz CT molecular complexity index is 789. The summed E-state index contributed by atoms with van der Waals surface area (Å²) in [6, 6.07) is 13.3. The highest BCUT2D eigenvalue weighted by molar-refractivity contribution is 9.10. The third-order valence-electron chi connectivity index (χ3n) is 4.13. The zero-order valence-electron chi connectivity index (χ0n) is 15.9. The van der Waals surface area contributed by atoms with E-state index in [-0.39, 0.29) is 18.4 Å². The van der Waals surface area contributed by atoms with Gasteiger partial charge in [0.25, 0.3) is 5.91 Å². The Kier molecular flexibility index (Phi) is 7.85. The largest absolute Gasteiger partial charge is 0.483 e. The predicted octanol–water partition coefficient (Wildman–Crippen LogP) is 4.05. The lowest BCUT2D eigenvalue weighted by atomic mass is 10.1. The molecule has 27 heavy (non-hydrogen) atoms. The molecule has 0 aromatic heterocycles. The van der Waals surface area contributed by atoms with E-state index >= 15 is 0 Å². The summed E-state index contributed by atoms with van der Waals surface area (Å²) < 4.78 is 6.42. The fraction of sp³-hybridized carbons (Fsp3) is 0.333. The van der Waals surface area contributed by atoms with Crippen LogP contribution in [-0.2, 0) is 22.4 Å². The number of hydrogen-bond acceptors (Lipinski definition) is 3. The van der Waals surface area contributed by atoms with Crippen molar-refractivity contribution in [2.45, 2.75) is 26.2 Å². The molecule has 0 bridgehead atoms. The molecule has 0 aliphatic heterocycles. The number of anilines is 1. The fourth-order valence-corrected chi connectivity index (χ4v) is 2.99. The molecule has 0 radical (unpaired) electrons. The average molecular weight is 433 g/mol. The summed E-state index contributed by atoms with van der Waals surface area (Å²) in [4.78, 5) is 25.3. The molecule has 5 nitrogen and oxygen atoms in total. The molecule has 0 aliphatic carbocycles. The van der Waals surface area contributed by atoms with Crippen LogP contribution in [0.5, 0.6) is 5.75 Å². The van der Waals surface area contributed by atoms with E-state index in [9.17, 15) is 9.59 Å². The molecule has 0 aliphatic rings. The molecule has 1 N–H and O–H groups in total. The third kappa shape index (κ3) is 6.71. The molecule has 0 unspecified atom stereocenters. The van der Waals surface area contributed by atoms with Gasteiger partial charge < -0.3 is 15.0 Å². The Balaban J connectivity index is 1.82. The normalized spacial score (nSPS) is 10.4. The van der Waals surface area contributed by atoms with Crippen molar-refractivity contribution in [3.05, 3.63) is 58.1 Å². The molecule has 0 spiro atoms. The molecule has 0 saturated heterocycles. The van der Waals surface area contributed by atoms with Crippen molar-refractivity contribution >= 4 is 33.4 Å². The van der Waals surface area contributed by atoms with Crippen LogP contribution in [0.25, 0.3) is 0 Å². The molecule has 2 amide bonds. The Hall–Kier alpha value is -2.34. The Morgan fingerprint density at radius 1 is 1.07 bits per heavy atom. The minimum Gasteiger partial charge on any atom is -0.483 e. The van der Waals surface area contributed by atoms with Crippen LogP contribution in [0.4, 0.5) is 5.69 Å². The maximum absolute atomic E-state index is 12.1. The second kappa shape index (κ2) is 10.1. The van der Waals surface area contributed by atoms with Crippen molar-refractivity contribution < 1.29 is 14.3 Å². The van der Waals surface area contributed by atoms with E-state index < -0.39 is 0 Å². The Morgan fingerprint density at radius 2 is 1.74 bits per heavy atom. The number of aryl methyl sites for hydroxylation is 2. The number of ether oxygens (including phenoxy) is 1. The van der Waals surface area contributed by atoms with Gasteiger partial charge in [0.15, 0.2) is 6.61 Å². The number of nitrogens with zero attached hydrogens (tertiary/aromatic N) is 1. The summed E-state index contributed by atoms with van der Waals surface area (Å²) in [7, 11) is 3.50. The van der Waals surface area contributed by atoms with Gasteiger partial charge >= 0.3 is 0 Å². The maximum Gasteiger partial charge on any atom is 0.262 e. The van der Waals surface area contributed by atoms with Crippen molar-refractivity contribution in [2.24, 2.45) is 0 Å². The second-order valence-corrected chi connectivity index (χ2v) is 7.29. The van der Waals surface area contributed by atoms with Gasteiger partial charge in [0, 0.05) is 26.2 Å². The van der Waals surface area contributed by atoms with Gasteiger partial charge in [-0.05, 0) is 64.2 Å². The minimum absolute atomic E-state index is 0.0663. The minimum atomic E-state index is -0.225. The SMILES string of the molecule is CCc1ccc(OCC(=O)Nc2ccc(CCC(=O)N(C)C)cc2)c(Br)c1. The van der Waals surface area contributed by atoms with Gasteiger partial charge in [-0.25, -0.2) is 0 Å². The standard InChI is InChI=1S/C21H25BrN2O3/c1-4-15-7-11-19(18(22)13-15)27-14-20(25)23-17-9-5-16(6-10-17)8-12-21(26)24(2)3/h5-7,9-11,13H,4,8,12,14H2,1-3H3,(H,23,25). The number of rotatable bonds is 8. The van der Waals surface area contributed by atoms with Crippen molar-refractivity contribution in [1.82, 2.24) is 4.90 Å². The van der Waals surface area contributed by atoms with Gasteiger partial charge in [-0.3, -0.25) is 9.59 Å². The van der Waals surface area contributed by atoms with Crippen LogP contribution in [0.1, 0.15) is 24.5 Å². The van der Waals surface area contributed by atoms with Crippen LogP contribution in [0.2, 0.25) is 0 Å². The van der Waals surface area contributed by atoms with Crippen LogP contribution in [-0.4, -0.2) is 37.4 Å². The van der Waals surface area contributed by atoms with E-state index in [2.05, 4.69) is 28.2 Å². The number of amides is 2. The van der Waals surface area contributed by atoms with Crippen molar-refractivity contribution in [2.75, 3.05) is 26.0 Å². The van der Waals surface area contributed by atoms with Crippen LogP contribution in [0, 0.1) is 0 Å². The van der Waals surface area contributed by atoms with Crippen LogP contribution < -0.4 is 10.1 Å². The molecule has 0 heterocycles. The topological polar surface area (TPSA) is 58.6 Å². The molecule has 0 atom stereocenters. The summed E-state index contributed by atoms with van der Waals surface area (Å²) in [5.74, 6) is 0.517. The fourth-order valence-electron chi connectivity index (χ4n) is 2.45. The highest BCUT2D eigenvalue weighted by Crippen LogP contribution is 2.26. The van der Waals surface area contributed by atoms with Crippen molar-refractivity contribution in [1.29, 1.82) is 0 Å². The molecule has 0 fully saturated rings. The number of nitrogens with one attached hydrogen (secondary N) is 1. The van der Waals surface area contributed by atoms with Gasteiger partial charge in [-0.1, -0.05) is 25.1 Å². The van der Waals surface area contributed by atoms with E-state index in [4.69, 9.17) is 4.74 Å². The highest BCUT2D eigenvalue weighted by atomic mass is 79.9. The zero-order chi connectivity index (χ0) is 19.8. The monoisotopic (exact) mass is 432 g/mol. The molecular formula is C21H25BrN2O3. The van der Waals surface area contributed by atoms with E-state index in [1.807, 2.05) is 42.5 Å². The van der Waals surface area contributed by atoms with Crippen molar-refractivity contribution in [3.63, 3.8) is 0 Å². The average Bonchev–Trinajstić information content (AvgIpc) is 2.66. The summed E-state index contributed by atoms with van der Waals surface area (Å²) in [6.45, 7) is 2.02. The zero-order valence-corrected chi connectivity index (χ0v) is 17.5. The van der Waals surface area contributed by atoms with Gasteiger partial charge in [-0.2, -0.15) is 0 Å². The highest BCUT2D eigenvalue weighted by Gasteiger charge is 2.08. The van der Waals surface area contributed by atoms with E-state index in [1.165, 1.54) is 5.56 Å². The number of carbonyl (C=O) groups is 2. The summed E-state index contributed by atoms with van der Waals surface area (Å²) in [5.41, 5.74) is 2.96. The third-order valence-corrected chi connectivity index (χ3v) is 4.75. The lowest BCUT2D eigenvalue weighted by Crippen LogP contribution is -2.21. The van der Waals surface area contributed by atoms with Gasteiger partial charge in [0.1, 0.15) is 5.75 Å². The Labute approximate surface area is 168 Å². The molecular weight excluding hydrogens is 408 g/mol. The second-order valence-electron chi connectivity index (χ2n) is 6.44. The number of hydrogen-bond donors (Lipinski definition) is 1.